The lowest BCUT2D eigenvalue weighted by atomic mass is 10.2. The van der Waals surface area contributed by atoms with Crippen LogP contribution < -0.4 is 16.8 Å². The first-order valence-corrected chi connectivity index (χ1v) is 10.4. The molecule has 0 spiro atoms. The number of hydrogen-bond acceptors (Lipinski definition) is 6. The van der Waals surface area contributed by atoms with Gasteiger partial charge in [0.2, 0.25) is 11.8 Å². The highest BCUT2D eigenvalue weighted by Crippen LogP contribution is 2.10. The molecule has 8 nitrogen and oxygen atoms in total. The quantitative estimate of drug-likeness (QED) is 0.487. The van der Waals surface area contributed by atoms with Gasteiger partial charge in [0.25, 0.3) is 0 Å². The van der Waals surface area contributed by atoms with E-state index in [0.717, 1.165) is 5.56 Å². The molecule has 8 heteroatoms. The molecule has 1 heterocycles. The van der Waals surface area contributed by atoms with Gasteiger partial charge in [-0.2, -0.15) is 0 Å². The number of nitrogen functional groups attached to an aromatic ring is 1. The van der Waals surface area contributed by atoms with Gasteiger partial charge in [-0.15, -0.1) is 0 Å². The van der Waals surface area contributed by atoms with Crippen LogP contribution in [0, 0.1) is 0 Å². The Kier molecular flexibility index (Phi) is 12.7. The van der Waals surface area contributed by atoms with E-state index in [0.29, 0.717) is 36.5 Å². The second-order valence-corrected chi connectivity index (χ2v) is 6.60. The van der Waals surface area contributed by atoms with Crippen LogP contribution in [0.5, 0.6) is 0 Å². The molecule has 0 unspecified atom stereocenters. The van der Waals surface area contributed by atoms with Crippen LogP contribution in [0.3, 0.4) is 0 Å². The SMILES string of the molecule is CCC(=O)Nc1cccc(C(N)=O)c1.CCC(=O)OCc1ccccc1.Nc1ccccn1. The molecule has 5 N–H and O–H groups in total. The molecule has 174 valence electrons. The Morgan fingerprint density at radius 1 is 0.909 bits per heavy atom. The normalized spacial score (nSPS) is 9.27. The third-order valence-electron chi connectivity index (χ3n) is 3.97. The maximum atomic E-state index is 11.0. The number of rotatable bonds is 6. The number of hydrogen-bond donors (Lipinski definition) is 3. The largest absolute Gasteiger partial charge is 0.461 e. The van der Waals surface area contributed by atoms with Crippen molar-refractivity contribution in [2.45, 2.75) is 33.3 Å². The maximum Gasteiger partial charge on any atom is 0.305 e. The number of amides is 2. The zero-order valence-corrected chi connectivity index (χ0v) is 18.9. The molecule has 0 aliphatic carbocycles. The van der Waals surface area contributed by atoms with Crippen LogP contribution in [0.15, 0.2) is 79.0 Å². The fraction of sp³-hybridized carbons (Fsp3) is 0.200. The minimum atomic E-state index is -0.502. The van der Waals surface area contributed by atoms with Crippen LogP contribution in [-0.4, -0.2) is 22.8 Å². The summed E-state index contributed by atoms with van der Waals surface area (Å²) in [5, 5.41) is 2.64. The van der Waals surface area contributed by atoms with E-state index in [9.17, 15) is 14.4 Å². The first-order valence-electron chi connectivity index (χ1n) is 10.4. The molecule has 1 aromatic heterocycles. The Morgan fingerprint density at radius 3 is 2.12 bits per heavy atom. The Balaban J connectivity index is 0.000000260. The lowest BCUT2D eigenvalue weighted by Crippen LogP contribution is -2.13. The molecule has 0 aliphatic heterocycles. The van der Waals surface area contributed by atoms with E-state index in [1.807, 2.05) is 42.5 Å². The standard InChI is InChI=1S/C10H12N2O2.C10H12O2.C5H6N2/c1-2-9(13)12-8-5-3-4-7(6-8)10(11)14;1-2-10(11)12-8-9-6-4-3-5-7-9;6-5-3-1-2-4-7-5/h3-6H,2H2,1H3,(H2,11,14)(H,12,13);3-7H,2,8H2,1H3;1-4H,(H2,6,7). The van der Waals surface area contributed by atoms with E-state index in [1.165, 1.54) is 0 Å². The van der Waals surface area contributed by atoms with Crippen LogP contribution in [0.25, 0.3) is 0 Å². The molecule has 0 fully saturated rings. The van der Waals surface area contributed by atoms with Crippen molar-refractivity contribution >= 4 is 29.3 Å². The molecule has 0 atom stereocenters. The van der Waals surface area contributed by atoms with E-state index in [4.69, 9.17) is 16.2 Å². The summed E-state index contributed by atoms with van der Waals surface area (Å²) in [6.45, 7) is 3.92. The minimum Gasteiger partial charge on any atom is -0.461 e. The third-order valence-corrected chi connectivity index (χ3v) is 3.97. The van der Waals surface area contributed by atoms with Crippen molar-refractivity contribution in [1.29, 1.82) is 0 Å². The smallest absolute Gasteiger partial charge is 0.305 e. The predicted molar refractivity (Wildman–Crippen MR) is 129 cm³/mol. The molecular formula is C25H30N4O4. The van der Waals surface area contributed by atoms with Gasteiger partial charge in [0.05, 0.1) is 0 Å². The second-order valence-electron chi connectivity index (χ2n) is 6.60. The fourth-order valence-corrected chi connectivity index (χ4v) is 2.22. The highest BCUT2D eigenvalue weighted by atomic mass is 16.5. The van der Waals surface area contributed by atoms with Gasteiger partial charge in [0.15, 0.2) is 0 Å². The molecule has 0 bridgehead atoms. The number of nitrogens with zero attached hydrogens (tertiary/aromatic N) is 1. The van der Waals surface area contributed by atoms with Crippen LogP contribution in [0.2, 0.25) is 0 Å². The third kappa shape index (κ3) is 12.3. The molecular weight excluding hydrogens is 420 g/mol. The highest BCUT2D eigenvalue weighted by Gasteiger charge is 2.03. The van der Waals surface area contributed by atoms with Gasteiger partial charge in [0, 0.05) is 30.3 Å². The average Bonchev–Trinajstić information content (AvgIpc) is 2.84. The molecule has 3 rings (SSSR count). The summed E-state index contributed by atoms with van der Waals surface area (Å²) in [6.07, 6.45) is 2.50. The van der Waals surface area contributed by atoms with Gasteiger partial charge in [0.1, 0.15) is 12.4 Å². The number of primary amides is 1. The number of benzene rings is 2. The van der Waals surface area contributed by atoms with Gasteiger partial charge in [-0.05, 0) is 35.9 Å². The predicted octanol–water partition coefficient (Wildman–Crippen LogP) is 3.94. The second kappa shape index (κ2) is 15.6. The summed E-state index contributed by atoms with van der Waals surface area (Å²) < 4.78 is 4.94. The summed E-state index contributed by atoms with van der Waals surface area (Å²) in [5.41, 5.74) is 12.3. The zero-order valence-electron chi connectivity index (χ0n) is 18.9. The molecule has 2 aromatic carbocycles. The van der Waals surface area contributed by atoms with Crippen LogP contribution in [0.4, 0.5) is 11.5 Å². The Morgan fingerprint density at radius 2 is 1.61 bits per heavy atom. The number of carbonyl (C=O) groups is 3. The molecule has 0 radical (unpaired) electrons. The number of ether oxygens (including phenoxy) is 1. The Labute approximate surface area is 194 Å². The van der Waals surface area contributed by atoms with Crippen molar-refractivity contribution in [3.05, 3.63) is 90.1 Å². The summed E-state index contributed by atoms with van der Waals surface area (Å²) in [4.78, 5) is 36.4. The van der Waals surface area contributed by atoms with E-state index >= 15 is 0 Å². The summed E-state index contributed by atoms with van der Waals surface area (Å²) in [6, 6.07) is 21.6. The topological polar surface area (TPSA) is 137 Å². The maximum absolute atomic E-state index is 11.0. The van der Waals surface area contributed by atoms with E-state index in [-0.39, 0.29) is 11.9 Å². The fourth-order valence-electron chi connectivity index (χ4n) is 2.22. The minimum absolute atomic E-state index is 0.0911. The van der Waals surface area contributed by atoms with E-state index in [2.05, 4.69) is 10.3 Å². The van der Waals surface area contributed by atoms with Crippen LogP contribution in [-0.2, 0) is 20.9 Å². The number of carbonyl (C=O) groups excluding carboxylic acids is 3. The summed E-state index contributed by atoms with van der Waals surface area (Å²) >= 11 is 0. The van der Waals surface area contributed by atoms with E-state index in [1.54, 1.807) is 50.4 Å². The molecule has 2 amide bonds. The highest BCUT2D eigenvalue weighted by molar-refractivity contribution is 5.96. The van der Waals surface area contributed by atoms with Gasteiger partial charge >= 0.3 is 5.97 Å². The monoisotopic (exact) mass is 450 g/mol. The van der Waals surface area contributed by atoms with Gasteiger partial charge < -0.3 is 21.5 Å². The summed E-state index contributed by atoms with van der Waals surface area (Å²) in [7, 11) is 0. The van der Waals surface area contributed by atoms with Crippen molar-refractivity contribution < 1.29 is 19.1 Å². The number of nitrogens with one attached hydrogen (secondary N) is 1. The molecule has 0 saturated carbocycles. The molecule has 0 aliphatic rings. The lowest BCUT2D eigenvalue weighted by molar-refractivity contribution is -0.144. The van der Waals surface area contributed by atoms with Gasteiger partial charge in [-0.25, -0.2) is 4.98 Å². The van der Waals surface area contributed by atoms with Crippen molar-refractivity contribution in [3.63, 3.8) is 0 Å². The van der Waals surface area contributed by atoms with Crippen LogP contribution >= 0.6 is 0 Å². The number of nitrogens with two attached hydrogens (primary N) is 2. The van der Waals surface area contributed by atoms with Crippen molar-refractivity contribution in [2.24, 2.45) is 5.73 Å². The number of pyridine rings is 1. The molecule has 33 heavy (non-hydrogen) atoms. The molecule has 3 aromatic rings. The Bertz CT molecular complexity index is 996. The Hall–Kier alpha value is -4.20. The van der Waals surface area contributed by atoms with Crippen molar-refractivity contribution in [3.8, 4) is 0 Å². The van der Waals surface area contributed by atoms with Crippen LogP contribution in [0.1, 0.15) is 42.6 Å². The first kappa shape index (κ1) is 26.8. The lowest BCUT2D eigenvalue weighted by Gasteiger charge is -2.03. The zero-order chi connectivity index (χ0) is 24.5. The van der Waals surface area contributed by atoms with Crippen molar-refractivity contribution in [2.75, 3.05) is 11.1 Å². The number of aromatic nitrogens is 1. The molecule has 0 saturated heterocycles. The summed E-state index contributed by atoms with van der Waals surface area (Å²) in [5.74, 6) is -0.175. The van der Waals surface area contributed by atoms with Gasteiger partial charge in [-0.3, -0.25) is 14.4 Å². The van der Waals surface area contributed by atoms with Gasteiger partial charge in [-0.1, -0.05) is 56.3 Å². The van der Waals surface area contributed by atoms with Crippen molar-refractivity contribution in [1.82, 2.24) is 4.98 Å². The average molecular weight is 451 g/mol. The van der Waals surface area contributed by atoms with E-state index < -0.39 is 5.91 Å². The number of esters is 1. The first-order chi connectivity index (χ1) is 15.8. The number of anilines is 2.